The Balaban J connectivity index is 1.28. The highest BCUT2D eigenvalue weighted by atomic mass is 19.1. The van der Waals surface area contributed by atoms with Gasteiger partial charge in [-0.05, 0) is 31.2 Å². The van der Waals surface area contributed by atoms with Gasteiger partial charge < -0.3 is 9.80 Å². The predicted molar refractivity (Wildman–Crippen MR) is 117 cm³/mol. The van der Waals surface area contributed by atoms with Crippen LogP contribution in [0.5, 0.6) is 0 Å². The van der Waals surface area contributed by atoms with Gasteiger partial charge in [-0.1, -0.05) is 6.92 Å². The normalized spacial score (nSPS) is 22.9. The Bertz CT molecular complexity index is 980. The van der Waals surface area contributed by atoms with Crippen LogP contribution in [0, 0.1) is 0 Å². The number of piperidine rings is 1. The Morgan fingerprint density at radius 1 is 1.16 bits per heavy atom. The van der Waals surface area contributed by atoms with Gasteiger partial charge in [-0.25, -0.2) is 34.8 Å². The van der Waals surface area contributed by atoms with E-state index in [9.17, 15) is 4.79 Å². The second-order valence-corrected chi connectivity index (χ2v) is 8.25. The number of aliphatic imine (C=N–C) groups is 1. The molecule has 0 spiro atoms. The SMILES string of the molecule is CCc1cnc(N2CC[C@@H](N(C(=O)c3cnc(N4C=NCN4)cn3)C3CC3)C(F)C2)nc1. The van der Waals surface area contributed by atoms with Crippen molar-refractivity contribution in [1.82, 2.24) is 30.3 Å². The number of aryl methyl sites for hydroxylation is 1. The van der Waals surface area contributed by atoms with Gasteiger partial charge >= 0.3 is 0 Å². The molecule has 4 heterocycles. The summed E-state index contributed by atoms with van der Waals surface area (Å²) in [5.41, 5.74) is 4.28. The molecule has 1 aliphatic carbocycles. The number of hydrogen-bond acceptors (Lipinski definition) is 9. The van der Waals surface area contributed by atoms with Crippen molar-refractivity contribution in [3.63, 3.8) is 0 Å². The van der Waals surface area contributed by atoms with Crippen molar-refractivity contribution in [3.8, 4) is 0 Å². The molecule has 0 aromatic carbocycles. The Kier molecular flexibility index (Phi) is 5.64. The van der Waals surface area contributed by atoms with Crippen molar-refractivity contribution in [2.45, 2.75) is 50.9 Å². The number of nitrogens with one attached hydrogen (secondary N) is 1. The lowest BCUT2D eigenvalue weighted by molar-refractivity contribution is 0.0480. The van der Waals surface area contributed by atoms with Crippen LogP contribution < -0.4 is 15.3 Å². The van der Waals surface area contributed by atoms with Crippen molar-refractivity contribution in [2.24, 2.45) is 4.99 Å². The van der Waals surface area contributed by atoms with Crippen molar-refractivity contribution < 1.29 is 9.18 Å². The van der Waals surface area contributed by atoms with Crippen LogP contribution in [0.3, 0.4) is 0 Å². The zero-order valence-electron chi connectivity index (χ0n) is 17.9. The van der Waals surface area contributed by atoms with Crippen LogP contribution >= 0.6 is 0 Å². The van der Waals surface area contributed by atoms with Gasteiger partial charge in [-0.15, -0.1) is 0 Å². The van der Waals surface area contributed by atoms with E-state index < -0.39 is 12.2 Å². The Morgan fingerprint density at radius 3 is 2.56 bits per heavy atom. The fourth-order valence-corrected chi connectivity index (χ4v) is 4.13. The molecule has 2 aliphatic heterocycles. The highest BCUT2D eigenvalue weighted by molar-refractivity contribution is 5.93. The molecule has 32 heavy (non-hydrogen) atoms. The number of halogens is 1. The fraction of sp³-hybridized carbons (Fsp3) is 0.524. The molecule has 2 aromatic heterocycles. The van der Waals surface area contributed by atoms with Gasteiger partial charge in [0.25, 0.3) is 5.91 Å². The smallest absolute Gasteiger partial charge is 0.274 e. The molecular weight excluding hydrogens is 413 g/mol. The van der Waals surface area contributed by atoms with Crippen LogP contribution in [0.1, 0.15) is 42.2 Å². The van der Waals surface area contributed by atoms with E-state index >= 15 is 4.39 Å². The lowest BCUT2D eigenvalue weighted by atomic mass is 10.0. The Morgan fingerprint density at radius 2 is 1.97 bits per heavy atom. The number of alkyl halides is 1. The second-order valence-electron chi connectivity index (χ2n) is 8.25. The largest absolute Gasteiger partial charge is 0.338 e. The monoisotopic (exact) mass is 439 g/mol. The van der Waals surface area contributed by atoms with E-state index in [0.29, 0.717) is 31.4 Å². The molecular formula is C21H26FN9O. The highest BCUT2D eigenvalue weighted by Gasteiger charge is 2.44. The summed E-state index contributed by atoms with van der Waals surface area (Å²) in [4.78, 5) is 38.3. The van der Waals surface area contributed by atoms with Gasteiger partial charge in [-0.3, -0.25) is 9.79 Å². The molecule has 3 aliphatic rings. The van der Waals surface area contributed by atoms with E-state index in [4.69, 9.17) is 0 Å². The first-order valence-corrected chi connectivity index (χ1v) is 11.0. The fourth-order valence-electron chi connectivity index (χ4n) is 4.13. The van der Waals surface area contributed by atoms with Gasteiger partial charge in [0.2, 0.25) is 5.95 Å². The molecule has 168 valence electrons. The molecule has 10 nitrogen and oxygen atoms in total. The summed E-state index contributed by atoms with van der Waals surface area (Å²) in [6.45, 7) is 3.28. The third-order valence-corrected chi connectivity index (χ3v) is 6.06. The van der Waals surface area contributed by atoms with Gasteiger partial charge in [-0.2, -0.15) is 0 Å². The number of aromatic nitrogens is 4. The molecule has 1 saturated carbocycles. The standard InChI is InChI=1S/C21H26FN9O/c1-2-14-7-26-21(27-8-14)29-6-5-18(16(22)11-29)31(15-3-4-15)20(32)17-9-25-19(10-24-17)30-13-23-12-28-30/h7-10,13,15-16,18,28H,2-6,11-12H2,1H3/t16?,18-/m1/s1. The van der Waals surface area contributed by atoms with Crippen LogP contribution in [0.2, 0.25) is 0 Å². The van der Waals surface area contributed by atoms with Gasteiger partial charge in [0, 0.05) is 25.0 Å². The molecule has 1 saturated heterocycles. The maximum Gasteiger partial charge on any atom is 0.274 e. The van der Waals surface area contributed by atoms with E-state index in [2.05, 4.69) is 30.4 Å². The number of carbonyl (C=O) groups excluding carboxylic acids is 1. The van der Waals surface area contributed by atoms with Crippen LogP contribution in [-0.2, 0) is 6.42 Å². The van der Waals surface area contributed by atoms with E-state index in [1.807, 2.05) is 11.8 Å². The third-order valence-electron chi connectivity index (χ3n) is 6.06. The topological polar surface area (TPSA) is 103 Å². The summed E-state index contributed by atoms with van der Waals surface area (Å²) in [6.07, 6.45) is 10.1. The minimum absolute atomic E-state index is 0.0613. The summed E-state index contributed by atoms with van der Waals surface area (Å²) < 4.78 is 15.4. The predicted octanol–water partition coefficient (Wildman–Crippen LogP) is 1.36. The first-order valence-electron chi connectivity index (χ1n) is 11.0. The van der Waals surface area contributed by atoms with Gasteiger partial charge in [0.05, 0.1) is 25.0 Å². The van der Waals surface area contributed by atoms with Crippen molar-refractivity contribution in [1.29, 1.82) is 0 Å². The van der Waals surface area contributed by atoms with Crippen LogP contribution in [-0.4, -0.2) is 75.1 Å². The lowest BCUT2D eigenvalue weighted by Crippen LogP contribution is -2.55. The van der Waals surface area contributed by atoms with Crippen molar-refractivity contribution >= 4 is 24.0 Å². The third kappa shape index (κ3) is 4.12. The zero-order chi connectivity index (χ0) is 22.1. The molecule has 2 atom stereocenters. The van der Waals surface area contributed by atoms with Crippen molar-refractivity contribution in [3.05, 3.63) is 36.0 Å². The van der Waals surface area contributed by atoms with E-state index in [1.54, 1.807) is 28.6 Å². The van der Waals surface area contributed by atoms with E-state index in [1.165, 1.54) is 12.4 Å². The Hall–Kier alpha value is -3.21. The molecule has 0 radical (unpaired) electrons. The zero-order valence-corrected chi connectivity index (χ0v) is 17.9. The number of hydrogen-bond donors (Lipinski definition) is 1. The van der Waals surface area contributed by atoms with Gasteiger partial charge in [0.15, 0.2) is 5.82 Å². The summed E-state index contributed by atoms with van der Waals surface area (Å²) in [5, 5.41) is 1.64. The summed E-state index contributed by atoms with van der Waals surface area (Å²) in [5.74, 6) is 0.818. The van der Waals surface area contributed by atoms with Crippen LogP contribution in [0.15, 0.2) is 29.8 Å². The van der Waals surface area contributed by atoms with Crippen LogP contribution in [0.25, 0.3) is 0 Å². The molecule has 1 amide bonds. The van der Waals surface area contributed by atoms with Crippen LogP contribution in [0.4, 0.5) is 16.2 Å². The second kappa shape index (κ2) is 8.73. The number of hydrazine groups is 1. The van der Waals surface area contributed by atoms with Gasteiger partial charge in [0.1, 0.15) is 24.9 Å². The number of carbonyl (C=O) groups is 1. The average molecular weight is 439 g/mol. The summed E-state index contributed by atoms with van der Waals surface area (Å²) >= 11 is 0. The maximum absolute atomic E-state index is 15.4. The molecule has 0 bridgehead atoms. The first kappa shape index (κ1) is 20.7. The molecule has 11 heteroatoms. The summed E-state index contributed by atoms with van der Waals surface area (Å²) in [6, 6.07) is -0.429. The highest BCUT2D eigenvalue weighted by Crippen LogP contribution is 2.34. The average Bonchev–Trinajstić information content (AvgIpc) is 3.51. The molecule has 2 aromatic rings. The first-order chi connectivity index (χ1) is 15.6. The molecule has 2 fully saturated rings. The maximum atomic E-state index is 15.4. The quantitative estimate of drug-likeness (QED) is 0.720. The lowest BCUT2D eigenvalue weighted by Gasteiger charge is -2.40. The minimum atomic E-state index is -1.19. The van der Waals surface area contributed by atoms with Crippen molar-refractivity contribution in [2.75, 3.05) is 29.7 Å². The number of anilines is 2. The molecule has 5 rings (SSSR count). The van der Waals surface area contributed by atoms with E-state index in [0.717, 1.165) is 24.8 Å². The minimum Gasteiger partial charge on any atom is -0.338 e. The number of amides is 1. The molecule has 1 unspecified atom stereocenters. The molecule has 1 N–H and O–H groups in total. The summed E-state index contributed by atoms with van der Waals surface area (Å²) in [7, 11) is 0. The Labute approximate surface area is 185 Å². The van der Waals surface area contributed by atoms with E-state index in [-0.39, 0.29) is 24.2 Å². The number of rotatable bonds is 6. The number of nitrogens with zero attached hydrogens (tertiary/aromatic N) is 8.